The fraction of sp³-hybridized carbons (Fsp3) is 0.455. The van der Waals surface area contributed by atoms with Gasteiger partial charge in [-0.05, 0) is 12.7 Å². The summed E-state index contributed by atoms with van der Waals surface area (Å²) in [4.78, 5) is 23.6. The monoisotopic (exact) mass is 289 g/mol. The van der Waals surface area contributed by atoms with Crippen molar-refractivity contribution in [1.29, 1.82) is 0 Å². The third kappa shape index (κ3) is 2.97. The van der Waals surface area contributed by atoms with E-state index in [9.17, 15) is 9.59 Å². The van der Waals surface area contributed by atoms with E-state index in [2.05, 4.69) is 4.74 Å². The Kier molecular flexibility index (Phi) is 5.49. The van der Waals surface area contributed by atoms with Gasteiger partial charge in [0.05, 0.1) is 23.6 Å². The van der Waals surface area contributed by atoms with Crippen LogP contribution in [0.2, 0.25) is 0 Å². The van der Waals surface area contributed by atoms with Crippen molar-refractivity contribution in [3.63, 3.8) is 0 Å². The van der Waals surface area contributed by atoms with Gasteiger partial charge in [-0.1, -0.05) is 6.92 Å². The first-order valence-corrected chi connectivity index (χ1v) is 7.17. The highest BCUT2D eigenvalue weighted by Crippen LogP contribution is 2.38. The molecule has 100 valence electrons. The number of thiophene rings is 1. The van der Waals surface area contributed by atoms with Gasteiger partial charge in [0.15, 0.2) is 0 Å². The zero-order valence-corrected chi connectivity index (χ0v) is 12.1. The number of methoxy groups -OCH3 is 1. The third-order valence-electron chi connectivity index (χ3n) is 2.04. The molecule has 0 unspecified atom stereocenters. The van der Waals surface area contributed by atoms with Crippen LogP contribution < -0.4 is 5.73 Å². The molecule has 0 bridgehead atoms. The highest BCUT2D eigenvalue weighted by atomic mass is 32.2. The van der Waals surface area contributed by atoms with Gasteiger partial charge in [-0.2, -0.15) is 0 Å². The van der Waals surface area contributed by atoms with Crippen LogP contribution in [0.3, 0.4) is 0 Å². The van der Waals surface area contributed by atoms with Gasteiger partial charge in [0.1, 0.15) is 10.4 Å². The van der Waals surface area contributed by atoms with E-state index in [-0.39, 0.29) is 22.7 Å². The van der Waals surface area contributed by atoms with Crippen molar-refractivity contribution in [3.8, 4) is 0 Å². The molecule has 0 aliphatic heterocycles. The highest BCUT2D eigenvalue weighted by molar-refractivity contribution is 8.01. The summed E-state index contributed by atoms with van der Waals surface area (Å²) >= 11 is 2.61. The van der Waals surface area contributed by atoms with Gasteiger partial charge in [0.25, 0.3) is 0 Å². The normalized spacial score (nSPS) is 10.2. The summed E-state index contributed by atoms with van der Waals surface area (Å²) in [5, 5.41) is 0. The van der Waals surface area contributed by atoms with Crippen molar-refractivity contribution in [2.24, 2.45) is 0 Å². The first-order valence-electron chi connectivity index (χ1n) is 5.37. The minimum absolute atomic E-state index is 0.140. The molecule has 1 rings (SSSR count). The predicted octanol–water partition coefficient (Wildman–Crippen LogP) is 2.41. The van der Waals surface area contributed by atoms with Crippen molar-refractivity contribution in [2.75, 3.05) is 25.2 Å². The van der Waals surface area contributed by atoms with Crippen molar-refractivity contribution in [1.82, 2.24) is 0 Å². The van der Waals surface area contributed by atoms with Crippen LogP contribution in [-0.2, 0) is 9.47 Å². The van der Waals surface area contributed by atoms with Gasteiger partial charge < -0.3 is 15.2 Å². The average Bonchev–Trinajstić information content (AvgIpc) is 2.66. The molecule has 18 heavy (non-hydrogen) atoms. The lowest BCUT2D eigenvalue weighted by atomic mass is 10.2. The minimum atomic E-state index is -0.536. The topological polar surface area (TPSA) is 78.6 Å². The number of carbonyl (C=O) groups excluding carboxylic acids is 2. The molecule has 1 aromatic rings. The summed E-state index contributed by atoms with van der Waals surface area (Å²) < 4.78 is 10.3. The number of rotatable bonds is 5. The molecule has 2 N–H and O–H groups in total. The summed E-state index contributed by atoms with van der Waals surface area (Å²) in [6.45, 7) is 3.93. The summed E-state index contributed by atoms with van der Waals surface area (Å²) in [6.07, 6.45) is 0. The molecular formula is C11H15NO4S2. The quantitative estimate of drug-likeness (QED) is 0.662. The zero-order valence-electron chi connectivity index (χ0n) is 10.4. The fourth-order valence-electron chi connectivity index (χ4n) is 1.30. The number of hydrogen-bond acceptors (Lipinski definition) is 7. The molecule has 0 aliphatic carbocycles. The van der Waals surface area contributed by atoms with Crippen LogP contribution >= 0.6 is 23.1 Å². The van der Waals surface area contributed by atoms with E-state index in [1.54, 1.807) is 6.92 Å². The Balaban J connectivity index is 3.24. The van der Waals surface area contributed by atoms with E-state index < -0.39 is 11.9 Å². The van der Waals surface area contributed by atoms with E-state index in [0.717, 1.165) is 17.1 Å². The van der Waals surface area contributed by atoms with Crippen molar-refractivity contribution in [2.45, 2.75) is 18.1 Å². The van der Waals surface area contributed by atoms with Crippen LogP contribution in [0.1, 0.15) is 33.9 Å². The smallest absolute Gasteiger partial charge is 0.350 e. The van der Waals surface area contributed by atoms with Crippen LogP contribution in [0.25, 0.3) is 0 Å². The molecule has 0 aromatic carbocycles. The zero-order chi connectivity index (χ0) is 13.7. The number of carbonyl (C=O) groups is 2. The van der Waals surface area contributed by atoms with E-state index in [4.69, 9.17) is 10.5 Å². The summed E-state index contributed by atoms with van der Waals surface area (Å²) in [5.74, 6) is -0.268. The Morgan fingerprint density at radius 2 is 2.00 bits per heavy atom. The number of hydrogen-bond donors (Lipinski definition) is 1. The Hall–Kier alpha value is -1.21. The molecular weight excluding hydrogens is 274 g/mol. The van der Waals surface area contributed by atoms with E-state index >= 15 is 0 Å². The number of nitrogens with two attached hydrogens (primary N) is 1. The number of ether oxygens (including phenoxy) is 2. The second-order valence-corrected chi connectivity index (χ2v) is 5.71. The van der Waals surface area contributed by atoms with Gasteiger partial charge in [0.2, 0.25) is 0 Å². The average molecular weight is 289 g/mol. The number of esters is 2. The van der Waals surface area contributed by atoms with Crippen molar-refractivity contribution >= 4 is 40.7 Å². The molecule has 7 heteroatoms. The van der Waals surface area contributed by atoms with Crippen molar-refractivity contribution in [3.05, 3.63) is 10.4 Å². The van der Waals surface area contributed by atoms with Gasteiger partial charge >= 0.3 is 11.9 Å². The van der Waals surface area contributed by atoms with Crippen LogP contribution in [0.15, 0.2) is 4.21 Å². The maximum absolute atomic E-state index is 11.8. The molecule has 5 nitrogen and oxygen atoms in total. The molecule has 0 spiro atoms. The lowest BCUT2D eigenvalue weighted by molar-refractivity contribution is 0.0524. The van der Waals surface area contributed by atoms with Crippen LogP contribution in [0, 0.1) is 0 Å². The molecule has 0 atom stereocenters. The van der Waals surface area contributed by atoms with Crippen molar-refractivity contribution < 1.29 is 19.1 Å². The summed E-state index contributed by atoms with van der Waals surface area (Å²) in [6, 6.07) is 0. The van der Waals surface area contributed by atoms with Crippen LogP contribution in [0.5, 0.6) is 0 Å². The Morgan fingerprint density at radius 1 is 1.33 bits per heavy atom. The molecule has 0 saturated carbocycles. The van der Waals surface area contributed by atoms with Gasteiger partial charge in [0, 0.05) is 0 Å². The molecule has 1 heterocycles. The largest absolute Gasteiger partial charge is 0.465 e. The molecule has 0 radical (unpaired) electrons. The second-order valence-electron chi connectivity index (χ2n) is 3.15. The summed E-state index contributed by atoms with van der Waals surface area (Å²) in [5.41, 5.74) is 6.25. The maximum Gasteiger partial charge on any atom is 0.350 e. The van der Waals surface area contributed by atoms with Gasteiger partial charge in [-0.3, -0.25) is 0 Å². The number of thioether (sulfide) groups is 1. The Morgan fingerprint density at radius 3 is 2.50 bits per heavy atom. The molecule has 0 fully saturated rings. The predicted molar refractivity (Wildman–Crippen MR) is 72.4 cm³/mol. The lowest BCUT2D eigenvalue weighted by Gasteiger charge is -2.03. The van der Waals surface area contributed by atoms with E-state index in [0.29, 0.717) is 4.21 Å². The standard InChI is InChI=1S/C11H15NO4S2/c1-4-16-9(13)6-7(12)8(10(14)15-3)18-11(6)17-5-2/h4-5,12H2,1-3H3. The summed E-state index contributed by atoms with van der Waals surface area (Å²) in [7, 11) is 1.28. The maximum atomic E-state index is 11.8. The SMILES string of the molecule is CCOC(=O)c1c(SCC)sc(C(=O)OC)c1N. The second kappa shape index (κ2) is 6.65. The molecule has 0 saturated heterocycles. The first-order chi connectivity index (χ1) is 8.56. The van der Waals surface area contributed by atoms with E-state index in [1.807, 2.05) is 6.92 Å². The Labute approximate surface area is 114 Å². The first kappa shape index (κ1) is 14.8. The minimum Gasteiger partial charge on any atom is -0.465 e. The number of nitrogen functional groups attached to an aromatic ring is 1. The molecule has 0 amide bonds. The lowest BCUT2D eigenvalue weighted by Crippen LogP contribution is -2.09. The fourth-order valence-corrected chi connectivity index (χ4v) is 3.59. The highest BCUT2D eigenvalue weighted by Gasteiger charge is 2.26. The van der Waals surface area contributed by atoms with Gasteiger partial charge in [-0.15, -0.1) is 23.1 Å². The van der Waals surface area contributed by atoms with Gasteiger partial charge in [-0.25, -0.2) is 9.59 Å². The van der Waals surface area contributed by atoms with Crippen LogP contribution in [0.4, 0.5) is 5.69 Å². The number of anilines is 1. The molecule has 0 aliphatic rings. The van der Waals surface area contributed by atoms with E-state index in [1.165, 1.54) is 18.9 Å². The molecule has 1 aromatic heterocycles. The van der Waals surface area contributed by atoms with Crippen LogP contribution in [-0.4, -0.2) is 31.4 Å². The Bertz CT molecular complexity index is 456. The third-order valence-corrected chi connectivity index (χ3v) is 4.38.